The minimum absolute atomic E-state index is 0.124. The van der Waals surface area contributed by atoms with Crippen LogP contribution in [0.4, 0.5) is 17.1 Å². The minimum atomic E-state index is -0.254. The fraction of sp³-hybridized carbons (Fsp3) is 0.100. The standard InChI is InChI=1S/C60H43NO2S/c1-59(2)48-17-8-5-12-43(48)44-30-29-41(35-50(44)59)61(40-27-22-37(23-28-40)42-15-11-16-46-45-13-6-9-18-52(45)62-57(42)46)39-25-20-36(21-26-39)38-24-32-53-51(34-38)60(3,4)49-31-33-55-56(58(49)63-53)47-14-7-10-19-54(47)64-55/h5-35H,1-4H3. The van der Waals surface area contributed by atoms with Crippen molar-refractivity contribution in [2.75, 3.05) is 4.90 Å². The first-order valence-corrected chi connectivity index (χ1v) is 23.0. The van der Waals surface area contributed by atoms with Gasteiger partial charge in [0, 0.05) is 75.5 Å². The molecule has 1 aliphatic heterocycles. The molecule has 0 atom stereocenters. The Hall–Kier alpha value is -7.40. The Labute approximate surface area is 376 Å². The van der Waals surface area contributed by atoms with Crippen molar-refractivity contribution in [1.82, 2.24) is 0 Å². The Kier molecular flexibility index (Phi) is 7.87. The van der Waals surface area contributed by atoms with Gasteiger partial charge in [-0.25, -0.2) is 0 Å². The fourth-order valence-electron chi connectivity index (χ4n) is 10.8. The molecule has 0 unspecified atom stereocenters. The highest BCUT2D eigenvalue weighted by molar-refractivity contribution is 7.25. The van der Waals surface area contributed by atoms with Gasteiger partial charge in [-0.1, -0.05) is 149 Å². The number of benzene rings is 9. The molecule has 0 spiro atoms. The molecule has 0 fully saturated rings. The van der Waals surface area contributed by atoms with Gasteiger partial charge in [0.05, 0.1) is 0 Å². The number of hydrogen-bond acceptors (Lipinski definition) is 4. The summed E-state index contributed by atoms with van der Waals surface area (Å²) < 4.78 is 15.9. The molecule has 3 heterocycles. The van der Waals surface area contributed by atoms with Crippen molar-refractivity contribution in [3.05, 3.63) is 210 Å². The average molecular weight is 842 g/mol. The molecule has 306 valence electrons. The maximum Gasteiger partial charge on any atom is 0.143 e. The van der Waals surface area contributed by atoms with E-state index >= 15 is 0 Å². The lowest BCUT2D eigenvalue weighted by atomic mass is 9.74. The predicted molar refractivity (Wildman–Crippen MR) is 268 cm³/mol. The highest BCUT2D eigenvalue weighted by atomic mass is 32.1. The third-order valence-corrected chi connectivity index (χ3v) is 15.3. The Balaban J connectivity index is 0.890. The second kappa shape index (κ2) is 13.6. The first kappa shape index (κ1) is 37.2. The summed E-state index contributed by atoms with van der Waals surface area (Å²) in [5.41, 5.74) is 17.0. The zero-order valence-electron chi connectivity index (χ0n) is 36.1. The lowest BCUT2D eigenvalue weighted by Crippen LogP contribution is -2.24. The minimum Gasteiger partial charge on any atom is -0.456 e. The van der Waals surface area contributed by atoms with Crippen LogP contribution in [0, 0.1) is 0 Å². The van der Waals surface area contributed by atoms with Gasteiger partial charge in [0.1, 0.15) is 22.7 Å². The van der Waals surface area contributed by atoms with Crippen LogP contribution in [0.5, 0.6) is 11.5 Å². The first-order valence-electron chi connectivity index (χ1n) is 22.2. The van der Waals surface area contributed by atoms with E-state index in [0.29, 0.717) is 0 Å². The van der Waals surface area contributed by atoms with Gasteiger partial charge >= 0.3 is 0 Å². The van der Waals surface area contributed by atoms with E-state index in [0.717, 1.165) is 67.2 Å². The van der Waals surface area contributed by atoms with E-state index in [-0.39, 0.29) is 10.8 Å². The van der Waals surface area contributed by atoms with Crippen LogP contribution in [0.1, 0.15) is 49.9 Å². The fourth-order valence-corrected chi connectivity index (χ4v) is 11.9. The zero-order chi connectivity index (χ0) is 42.9. The van der Waals surface area contributed by atoms with Gasteiger partial charge in [-0.05, 0) is 106 Å². The zero-order valence-corrected chi connectivity index (χ0v) is 36.9. The number of rotatable bonds is 5. The van der Waals surface area contributed by atoms with Crippen molar-refractivity contribution in [3.8, 4) is 44.9 Å². The number of fused-ring (bicyclic) bond motifs is 12. The van der Waals surface area contributed by atoms with Crippen LogP contribution in [0.3, 0.4) is 0 Å². The van der Waals surface area contributed by atoms with Crippen molar-refractivity contribution in [1.29, 1.82) is 0 Å². The van der Waals surface area contributed by atoms with Crippen LogP contribution in [0.2, 0.25) is 0 Å². The normalized spacial score (nSPS) is 14.3. The summed E-state index contributed by atoms with van der Waals surface area (Å²) in [6.45, 7) is 9.36. The van der Waals surface area contributed by atoms with E-state index in [1.165, 1.54) is 59.1 Å². The SMILES string of the molecule is CC1(C)c2ccccc2-c2ccc(N(c3ccc(-c4ccc5c(c4)C(C)(C)c4ccc6sc7ccccc7c6c4O5)cc3)c3ccc(-c4cccc5c4oc4ccccc45)cc3)cc21. The van der Waals surface area contributed by atoms with Gasteiger partial charge in [0.25, 0.3) is 0 Å². The van der Waals surface area contributed by atoms with Gasteiger partial charge in [-0.2, -0.15) is 0 Å². The molecule has 0 N–H and O–H groups in total. The third-order valence-electron chi connectivity index (χ3n) is 14.2. The Morgan fingerprint density at radius 3 is 1.89 bits per heavy atom. The molecule has 9 aromatic carbocycles. The number of nitrogens with zero attached hydrogens (tertiary/aromatic N) is 1. The van der Waals surface area contributed by atoms with Crippen LogP contribution >= 0.6 is 11.3 Å². The Morgan fingerprint density at radius 2 is 1.06 bits per heavy atom. The lowest BCUT2D eigenvalue weighted by molar-refractivity contribution is 0.423. The second-order valence-electron chi connectivity index (χ2n) is 18.5. The number of ether oxygens (including phenoxy) is 1. The topological polar surface area (TPSA) is 25.6 Å². The van der Waals surface area contributed by atoms with Crippen LogP contribution in [-0.2, 0) is 10.8 Å². The molecule has 2 aromatic heterocycles. The van der Waals surface area contributed by atoms with Crippen LogP contribution in [0.15, 0.2) is 192 Å². The largest absolute Gasteiger partial charge is 0.456 e. The number of anilines is 3. The molecule has 0 bridgehead atoms. The first-order chi connectivity index (χ1) is 31.2. The Morgan fingerprint density at radius 1 is 0.422 bits per heavy atom. The molecule has 1 aliphatic carbocycles. The van der Waals surface area contributed by atoms with Crippen molar-refractivity contribution in [3.63, 3.8) is 0 Å². The van der Waals surface area contributed by atoms with Gasteiger partial charge in [-0.3, -0.25) is 0 Å². The molecular weight excluding hydrogens is 799 g/mol. The molecule has 0 radical (unpaired) electrons. The van der Waals surface area contributed by atoms with E-state index in [1.54, 1.807) is 0 Å². The van der Waals surface area contributed by atoms with Gasteiger partial charge in [0.2, 0.25) is 0 Å². The van der Waals surface area contributed by atoms with Crippen molar-refractivity contribution < 1.29 is 9.15 Å². The van der Waals surface area contributed by atoms with E-state index in [1.807, 2.05) is 23.5 Å². The van der Waals surface area contributed by atoms with E-state index in [4.69, 9.17) is 9.15 Å². The molecular formula is C60H43NO2S. The second-order valence-corrected chi connectivity index (χ2v) is 19.5. The van der Waals surface area contributed by atoms with E-state index < -0.39 is 0 Å². The van der Waals surface area contributed by atoms with Gasteiger partial charge in [0.15, 0.2) is 0 Å². The molecule has 3 nitrogen and oxygen atoms in total. The maximum absolute atomic E-state index is 6.87. The molecule has 0 saturated heterocycles. The summed E-state index contributed by atoms with van der Waals surface area (Å²) in [5, 5.41) is 4.75. The van der Waals surface area contributed by atoms with Gasteiger partial charge < -0.3 is 14.1 Å². The van der Waals surface area contributed by atoms with Crippen molar-refractivity contribution >= 4 is 70.5 Å². The number of para-hydroxylation sites is 2. The van der Waals surface area contributed by atoms with E-state index in [2.05, 4.69) is 209 Å². The van der Waals surface area contributed by atoms with E-state index in [9.17, 15) is 0 Å². The van der Waals surface area contributed by atoms with Crippen molar-refractivity contribution in [2.45, 2.75) is 38.5 Å². The Bertz CT molecular complexity index is 3700. The number of furan rings is 1. The summed E-state index contributed by atoms with van der Waals surface area (Å²) in [5.74, 6) is 1.91. The van der Waals surface area contributed by atoms with Crippen LogP contribution in [-0.4, -0.2) is 0 Å². The molecule has 11 aromatic rings. The molecule has 0 amide bonds. The summed E-state index contributed by atoms with van der Waals surface area (Å²) in [6.07, 6.45) is 0. The molecule has 64 heavy (non-hydrogen) atoms. The number of thiophene rings is 1. The summed E-state index contributed by atoms with van der Waals surface area (Å²) in [4.78, 5) is 2.39. The third kappa shape index (κ3) is 5.39. The summed E-state index contributed by atoms with van der Waals surface area (Å²) in [6, 6.07) is 68.5. The molecule has 13 rings (SSSR count). The molecule has 4 heteroatoms. The maximum atomic E-state index is 6.87. The quantitative estimate of drug-likeness (QED) is 0.173. The highest BCUT2D eigenvalue weighted by Crippen LogP contribution is 2.54. The van der Waals surface area contributed by atoms with Crippen LogP contribution in [0.25, 0.3) is 75.5 Å². The molecule has 0 saturated carbocycles. The summed E-state index contributed by atoms with van der Waals surface area (Å²) >= 11 is 1.83. The summed E-state index contributed by atoms with van der Waals surface area (Å²) in [7, 11) is 0. The molecule has 2 aliphatic rings. The highest BCUT2D eigenvalue weighted by Gasteiger charge is 2.37. The van der Waals surface area contributed by atoms with Gasteiger partial charge in [-0.15, -0.1) is 11.3 Å². The predicted octanol–water partition coefficient (Wildman–Crippen LogP) is 17.5. The smallest absolute Gasteiger partial charge is 0.143 e. The lowest BCUT2D eigenvalue weighted by Gasteiger charge is -2.35. The average Bonchev–Trinajstić information content (AvgIpc) is 3.97. The number of hydrogen-bond donors (Lipinski definition) is 0. The van der Waals surface area contributed by atoms with Crippen LogP contribution < -0.4 is 9.64 Å². The monoisotopic (exact) mass is 841 g/mol. The van der Waals surface area contributed by atoms with Crippen molar-refractivity contribution in [2.24, 2.45) is 0 Å².